The smallest absolute Gasteiger partial charge is 0.317 e. The highest BCUT2D eigenvalue weighted by Crippen LogP contribution is 2.06. The van der Waals surface area contributed by atoms with Crippen LogP contribution in [0, 0.1) is 0 Å². The SMILES string of the molecule is CO[SiH](C)OC.C[SiH]1O[SiH](C)O[SiH](C)O[SiH](C)O1. The standard InChI is InChI=1S/C4H16O4Si4.C3H10O2Si/c1-9-5-10(2)7-12(4)8-11(3)6-9;1-4-6(3)5-2/h9-12H,1-4H3;6H,1-3H3. The van der Waals surface area contributed by atoms with Crippen molar-refractivity contribution in [3.8, 4) is 0 Å². The van der Waals surface area contributed by atoms with Crippen LogP contribution in [0.2, 0.25) is 32.7 Å². The lowest BCUT2D eigenvalue weighted by molar-refractivity contribution is 0.285. The van der Waals surface area contributed by atoms with E-state index in [2.05, 4.69) is 0 Å². The van der Waals surface area contributed by atoms with E-state index in [1.165, 1.54) is 0 Å². The topological polar surface area (TPSA) is 55.4 Å². The molecule has 0 bridgehead atoms. The molecule has 0 amide bonds. The Balaban J connectivity index is 0.000000411. The molecule has 0 aromatic heterocycles. The molecule has 1 aliphatic rings. The molecule has 0 aromatic carbocycles. The Morgan fingerprint density at radius 1 is 0.667 bits per heavy atom. The maximum Gasteiger partial charge on any atom is 0.317 e. The number of hydrogen-bond donors (Lipinski definition) is 0. The van der Waals surface area contributed by atoms with Gasteiger partial charge in [0, 0.05) is 14.2 Å². The number of hydrogen-bond acceptors (Lipinski definition) is 6. The van der Waals surface area contributed by atoms with Crippen LogP contribution in [0.3, 0.4) is 0 Å². The van der Waals surface area contributed by atoms with Gasteiger partial charge in [-0.05, 0) is 32.7 Å². The monoisotopic (exact) mass is 346 g/mol. The summed E-state index contributed by atoms with van der Waals surface area (Å²) in [4.78, 5) is 0. The summed E-state index contributed by atoms with van der Waals surface area (Å²) in [5.41, 5.74) is 0. The second-order valence-electron chi connectivity index (χ2n) is 3.85. The Kier molecular flexibility index (Phi) is 11.1. The third kappa shape index (κ3) is 9.73. The predicted molar refractivity (Wildman–Crippen MR) is 83.4 cm³/mol. The summed E-state index contributed by atoms with van der Waals surface area (Å²) in [6.07, 6.45) is 0. The van der Waals surface area contributed by atoms with E-state index in [0.29, 0.717) is 0 Å². The van der Waals surface area contributed by atoms with Gasteiger partial charge in [0.15, 0.2) is 0 Å². The highest BCUT2D eigenvalue weighted by molar-refractivity contribution is 6.72. The van der Waals surface area contributed by atoms with Crippen molar-refractivity contribution in [3.63, 3.8) is 0 Å². The summed E-state index contributed by atoms with van der Waals surface area (Å²) in [6, 6.07) is 0. The fraction of sp³-hybridized carbons (Fsp3) is 1.00. The average molecular weight is 347 g/mol. The number of rotatable bonds is 2. The fourth-order valence-electron chi connectivity index (χ4n) is 1.30. The molecule has 18 heavy (non-hydrogen) atoms. The van der Waals surface area contributed by atoms with Crippen LogP contribution >= 0.6 is 0 Å². The first-order valence-corrected chi connectivity index (χ1v) is 16.5. The van der Waals surface area contributed by atoms with E-state index in [1.807, 2.05) is 32.7 Å². The Bertz CT molecular complexity index is 169. The van der Waals surface area contributed by atoms with Gasteiger partial charge in [-0.25, -0.2) is 0 Å². The lowest BCUT2D eigenvalue weighted by Gasteiger charge is -2.28. The van der Waals surface area contributed by atoms with Gasteiger partial charge in [0.05, 0.1) is 0 Å². The van der Waals surface area contributed by atoms with Crippen LogP contribution in [0.4, 0.5) is 0 Å². The van der Waals surface area contributed by atoms with Crippen LogP contribution in [-0.2, 0) is 25.3 Å². The Hall–Kier alpha value is 0.844. The Morgan fingerprint density at radius 3 is 1.00 bits per heavy atom. The van der Waals surface area contributed by atoms with E-state index in [1.54, 1.807) is 14.2 Å². The van der Waals surface area contributed by atoms with Crippen molar-refractivity contribution in [2.24, 2.45) is 0 Å². The molecule has 0 radical (unpaired) electrons. The maximum absolute atomic E-state index is 5.65. The second kappa shape index (κ2) is 10.6. The van der Waals surface area contributed by atoms with Gasteiger partial charge in [-0.15, -0.1) is 0 Å². The zero-order valence-electron chi connectivity index (χ0n) is 12.3. The van der Waals surface area contributed by atoms with E-state index in [4.69, 9.17) is 25.3 Å². The van der Waals surface area contributed by atoms with Gasteiger partial charge < -0.3 is 25.3 Å². The first-order chi connectivity index (χ1) is 8.38. The first kappa shape index (κ1) is 18.8. The average Bonchev–Trinajstić information content (AvgIpc) is 2.26. The van der Waals surface area contributed by atoms with E-state index >= 15 is 0 Å². The molecule has 110 valence electrons. The molecule has 6 nitrogen and oxygen atoms in total. The molecule has 0 aromatic rings. The molecule has 1 rings (SSSR count). The van der Waals surface area contributed by atoms with Crippen LogP contribution in [0.5, 0.6) is 0 Å². The third-order valence-corrected chi connectivity index (χ3v) is 15.8. The molecular formula is C7H26O6Si5. The van der Waals surface area contributed by atoms with Crippen molar-refractivity contribution in [1.29, 1.82) is 0 Å². The minimum absolute atomic E-state index is 1.16. The van der Waals surface area contributed by atoms with Crippen LogP contribution in [0.1, 0.15) is 0 Å². The summed E-state index contributed by atoms with van der Waals surface area (Å²) in [5.74, 6) is 0. The van der Waals surface area contributed by atoms with Crippen molar-refractivity contribution in [3.05, 3.63) is 0 Å². The summed E-state index contributed by atoms with van der Waals surface area (Å²) in [5, 5.41) is 0. The molecule has 0 N–H and O–H groups in total. The summed E-state index contributed by atoms with van der Waals surface area (Å²) in [6.45, 7) is 10.1. The van der Waals surface area contributed by atoms with Gasteiger partial charge in [-0.2, -0.15) is 0 Å². The van der Waals surface area contributed by atoms with Gasteiger partial charge in [0.1, 0.15) is 0 Å². The van der Waals surface area contributed by atoms with E-state index in [-0.39, 0.29) is 0 Å². The molecule has 1 aliphatic heterocycles. The molecule has 11 heteroatoms. The molecule has 0 saturated carbocycles. The summed E-state index contributed by atoms with van der Waals surface area (Å²) < 4.78 is 32.3. The largest absolute Gasteiger partial charge is 0.420 e. The zero-order chi connectivity index (χ0) is 14.1. The highest BCUT2D eigenvalue weighted by atomic mass is 28.5. The van der Waals surface area contributed by atoms with E-state index in [9.17, 15) is 0 Å². The van der Waals surface area contributed by atoms with Crippen molar-refractivity contribution >= 4 is 46.4 Å². The summed E-state index contributed by atoms with van der Waals surface area (Å²) in [7, 11) is -3.49. The lowest BCUT2D eigenvalue weighted by Crippen LogP contribution is -2.44. The molecule has 1 saturated heterocycles. The zero-order valence-corrected chi connectivity index (χ0v) is 18.1. The maximum atomic E-state index is 5.65. The van der Waals surface area contributed by atoms with Crippen LogP contribution in [0.25, 0.3) is 0 Å². The Morgan fingerprint density at radius 2 is 0.889 bits per heavy atom. The van der Waals surface area contributed by atoms with Crippen molar-refractivity contribution in [1.82, 2.24) is 0 Å². The van der Waals surface area contributed by atoms with Crippen molar-refractivity contribution in [2.75, 3.05) is 14.2 Å². The van der Waals surface area contributed by atoms with E-state index in [0.717, 1.165) is 0 Å². The van der Waals surface area contributed by atoms with Gasteiger partial charge in [-0.3, -0.25) is 0 Å². The molecule has 0 spiro atoms. The van der Waals surface area contributed by atoms with Crippen molar-refractivity contribution in [2.45, 2.75) is 32.7 Å². The molecule has 1 fully saturated rings. The minimum atomic E-state index is -1.42. The normalized spacial score (nSPS) is 33.3. The van der Waals surface area contributed by atoms with Gasteiger partial charge in [0.25, 0.3) is 37.1 Å². The van der Waals surface area contributed by atoms with Gasteiger partial charge in [-0.1, -0.05) is 0 Å². The predicted octanol–water partition coefficient (Wildman–Crippen LogP) is -0.403. The van der Waals surface area contributed by atoms with Gasteiger partial charge >= 0.3 is 9.28 Å². The van der Waals surface area contributed by atoms with Crippen LogP contribution < -0.4 is 0 Å². The van der Waals surface area contributed by atoms with Crippen LogP contribution in [-0.4, -0.2) is 60.6 Å². The Labute approximate surface area is 119 Å². The minimum Gasteiger partial charge on any atom is -0.420 e. The van der Waals surface area contributed by atoms with Crippen LogP contribution in [0.15, 0.2) is 0 Å². The first-order valence-electron chi connectivity index (χ1n) is 6.06. The van der Waals surface area contributed by atoms with Gasteiger partial charge in [0.2, 0.25) is 0 Å². The van der Waals surface area contributed by atoms with Crippen molar-refractivity contribution < 1.29 is 25.3 Å². The third-order valence-electron chi connectivity index (χ3n) is 2.20. The second-order valence-corrected chi connectivity index (χ2v) is 14.8. The fourth-order valence-corrected chi connectivity index (χ4v) is 13.5. The quantitative estimate of drug-likeness (QED) is 0.634. The molecule has 1 heterocycles. The summed E-state index contributed by atoms with van der Waals surface area (Å²) >= 11 is 0. The van der Waals surface area contributed by atoms with E-state index < -0.39 is 46.4 Å². The molecule has 0 aliphatic carbocycles. The molecular weight excluding hydrogens is 321 g/mol. The molecule has 0 atom stereocenters. The molecule has 0 unspecified atom stereocenters. The highest BCUT2D eigenvalue weighted by Gasteiger charge is 2.25. The lowest BCUT2D eigenvalue weighted by atomic mass is 11.8.